The first kappa shape index (κ1) is 13.2. The van der Waals surface area contributed by atoms with Crippen LogP contribution < -0.4 is 5.73 Å². The molecule has 1 rings (SSSR count). The first-order valence-electron chi connectivity index (χ1n) is 5.87. The summed E-state index contributed by atoms with van der Waals surface area (Å²) in [5.74, 6) is 1.12. The highest BCUT2D eigenvalue weighted by atomic mass is 15.2. The van der Waals surface area contributed by atoms with E-state index in [1.165, 1.54) is 0 Å². The van der Waals surface area contributed by atoms with Crippen LogP contribution in [0.5, 0.6) is 0 Å². The van der Waals surface area contributed by atoms with Crippen molar-refractivity contribution in [1.29, 1.82) is 0 Å². The highest BCUT2D eigenvalue weighted by Gasteiger charge is 2.18. The molecule has 92 valence electrons. The van der Waals surface area contributed by atoms with Gasteiger partial charge in [-0.3, -0.25) is 4.90 Å². The highest BCUT2D eigenvalue weighted by Crippen LogP contribution is 2.15. The molecular formula is C12H24N4. The van der Waals surface area contributed by atoms with Crippen molar-refractivity contribution in [1.82, 2.24) is 14.5 Å². The van der Waals surface area contributed by atoms with Gasteiger partial charge < -0.3 is 10.3 Å². The summed E-state index contributed by atoms with van der Waals surface area (Å²) >= 11 is 0. The molecule has 2 N–H and O–H groups in total. The van der Waals surface area contributed by atoms with Crippen molar-refractivity contribution in [3.05, 3.63) is 18.2 Å². The predicted octanol–water partition coefficient (Wildman–Crippen LogP) is 1.32. The summed E-state index contributed by atoms with van der Waals surface area (Å²) in [6, 6.07) is 0. The smallest absolute Gasteiger partial charge is 0.122 e. The van der Waals surface area contributed by atoms with Crippen molar-refractivity contribution < 1.29 is 0 Å². The lowest BCUT2D eigenvalue weighted by molar-refractivity contribution is 0.204. The molecular weight excluding hydrogens is 200 g/mol. The van der Waals surface area contributed by atoms with E-state index in [-0.39, 0.29) is 5.41 Å². The molecule has 0 aliphatic heterocycles. The van der Waals surface area contributed by atoms with Crippen LogP contribution in [0, 0.1) is 5.41 Å². The zero-order chi connectivity index (χ0) is 12.2. The van der Waals surface area contributed by atoms with Gasteiger partial charge in [-0.15, -0.1) is 0 Å². The van der Waals surface area contributed by atoms with Crippen LogP contribution in [0.3, 0.4) is 0 Å². The van der Waals surface area contributed by atoms with Crippen LogP contribution >= 0.6 is 0 Å². The van der Waals surface area contributed by atoms with Crippen molar-refractivity contribution in [2.24, 2.45) is 11.1 Å². The van der Waals surface area contributed by atoms with E-state index in [0.29, 0.717) is 6.54 Å². The minimum atomic E-state index is 0.165. The van der Waals surface area contributed by atoms with Crippen molar-refractivity contribution in [2.45, 2.75) is 33.9 Å². The molecule has 0 saturated carbocycles. The third-order valence-electron chi connectivity index (χ3n) is 2.80. The first-order chi connectivity index (χ1) is 7.48. The first-order valence-corrected chi connectivity index (χ1v) is 5.87. The second-order valence-corrected chi connectivity index (χ2v) is 5.17. The van der Waals surface area contributed by atoms with Gasteiger partial charge in [-0.05, 0) is 25.9 Å². The zero-order valence-corrected chi connectivity index (χ0v) is 10.9. The van der Waals surface area contributed by atoms with Crippen LogP contribution in [0.25, 0.3) is 0 Å². The van der Waals surface area contributed by atoms with E-state index < -0.39 is 0 Å². The molecule has 0 fully saturated rings. The number of nitrogens with two attached hydrogens (primary N) is 1. The molecule has 1 heterocycles. The van der Waals surface area contributed by atoms with Gasteiger partial charge in [0.05, 0.1) is 6.54 Å². The molecule has 0 atom stereocenters. The fraction of sp³-hybridized carbons (Fsp3) is 0.750. The number of hydrogen-bond acceptors (Lipinski definition) is 3. The second-order valence-electron chi connectivity index (χ2n) is 5.17. The number of aromatic nitrogens is 2. The molecule has 0 unspecified atom stereocenters. The van der Waals surface area contributed by atoms with Crippen molar-refractivity contribution in [2.75, 3.05) is 20.1 Å². The lowest BCUT2D eigenvalue weighted by Crippen LogP contribution is -2.36. The fourth-order valence-electron chi connectivity index (χ4n) is 1.87. The van der Waals surface area contributed by atoms with Gasteiger partial charge in [0.15, 0.2) is 0 Å². The Labute approximate surface area is 98.5 Å². The molecule has 0 bridgehead atoms. The van der Waals surface area contributed by atoms with E-state index >= 15 is 0 Å². The van der Waals surface area contributed by atoms with Gasteiger partial charge in [-0.2, -0.15) is 0 Å². The molecule has 0 amide bonds. The van der Waals surface area contributed by atoms with Crippen LogP contribution in [-0.4, -0.2) is 34.6 Å². The summed E-state index contributed by atoms with van der Waals surface area (Å²) < 4.78 is 2.17. The largest absolute Gasteiger partial charge is 0.334 e. The molecule has 0 saturated heterocycles. The Morgan fingerprint density at radius 3 is 2.75 bits per heavy atom. The Kier molecular flexibility index (Phi) is 4.50. The monoisotopic (exact) mass is 224 g/mol. The SMILES string of the molecule is CCn1ccnc1CN(C)CC(C)(C)CN. The number of nitrogens with zero attached hydrogens (tertiary/aromatic N) is 3. The Balaban J connectivity index is 2.54. The van der Waals surface area contributed by atoms with E-state index in [2.05, 4.69) is 42.3 Å². The topological polar surface area (TPSA) is 47.1 Å². The summed E-state index contributed by atoms with van der Waals surface area (Å²) in [5.41, 5.74) is 5.90. The van der Waals surface area contributed by atoms with Gasteiger partial charge in [0.2, 0.25) is 0 Å². The molecule has 1 aromatic heterocycles. The third-order valence-corrected chi connectivity index (χ3v) is 2.80. The maximum atomic E-state index is 5.74. The molecule has 0 radical (unpaired) electrons. The Hall–Kier alpha value is -0.870. The van der Waals surface area contributed by atoms with E-state index in [0.717, 1.165) is 25.5 Å². The van der Waals surface area contributed by atoms with E-state index in [1.54, 1.807) is 0 Å². The van der Waals surface area contributed by atoms with E-state index in [9.17, 15) is 0 Å². The molecule has 0 aromatic carbocycles. The van der Waals surface area contributed by atoms with Gasteiger partial charge in [-0.1, -0.05) is 13.8 Å². The second kappa shape index (κ2) is 5.46. The van der Waals surface area contributed by atoms with Crippen molar-refractivity contribution in [3.8, 4) is 0 Å². The lowest BCUT2D eigenvalue weighted by atomic mass is 9.93. The molecule has 0 spiro atoms. The Morgan fingerprint density at radius 2 is 2.19 bits per heavy atom. The van der Waals surface area contributed by atoms with Crippen LogP contribution in [0.15, 0.2) is 12.4 Å². The number of imidazole rings is 1. The molecule has 16 heavy (non-hydrogen) atoms. The van der Waals surface area contributed by atoms with Gasteiger partial charge >= 0.3 is 0 Å². The number of hydrogen-bond donors (Lipinski definition) is 1. The Bertz CT molecular complexity index is 317. The van der Waals surface area contributed by atoms with Crippen LogP contribution in [0.4, 0.5) is 0 Å². The normalized spacial score (nSPS) is 12.4. The highest BCUT2D eigenvalue weighted by molar-refractivity contribution is 4.92. The molecule has 4 nitrogen and oxygen atoms in total. The van der Waals surface area contributed by atoms with E-state index in [1.807, 2.05) is 12.4 Å². The van der Waals surface area contributed by atoms with Crippen molar-refractivity contribution >= 4 is 0 Å². The summed E-state index contributed by atoms with van der Waals surface area (Å²) in [6.45, 7) is 10.1. The maximum Gasteiger partial charge on any atom is 0.122 e. The minimum Gasteiger partial charge on any atom is -0.334 e. The molecule has 0 aliphatic carbocycles. The average Bonchev–Trinajstić information content (AvgIpc) is 2.64. The van der Waals surface area contributed by atoms with Crippen LogP contribution in [-0.2, 0) is 13.1 Å². The number of aryl methyl sites for hydroxylation is 1. The summed E-state index contributed by atoms with van der Waals surface area (Å²) in [5, 5.41) is 0. The van der Waals surface area contributed by atoms with Crippen LogP contribution in [0.2, 0.25) is 0 Å². The van der Waals surface area contributed by atoms with Crippen molar-refractivity contribution in [3.63, 3.8) is 0 Å². The fourth-order valence-corrected chi connectivity index (χ4v) is 1.87. The zero-order valence-electron chi connectivity index (χ0n) is 10.9. The summed E-state index contributed by atoms with van der Waals surface area (Å²) in [7, 11) is 2.12. The average molecular weight is 224 g/mol. The summed E-state index contributed by atoms with van der Waals surface area (Å²) in [6.07, 6.45) is 3.89. The summed E-state index contributed by atoms with van der Waals surface area (Å²) in [4.78, 5) is 6.65. The van der Waals surface area contributed by atoms with Gasteiger partial charge in [0.25, 0.3) is 0 Å². The molecule has 0 aliphatic rings. The predicted molar refractivity (Wildman–Crippen MR) is 67.1 cm³/mol. The van der Waals surface area contributed by atoms with E-state index in [4.69, 9.17) is 5.73 Å². The third kappa shape index (κ3) is 3.61. The molecule has 4 heteroatoms. The molecule has 1 aromatic rings. The van der Waals surface area contributed by atoms with Crippen LogP contribution in [0.1, 0.15) is 26.6 Å². The quantitative estimate of drug-likeness (QED) is 0.793. The Morgan fingerprint density at radius 1 is 1.50 bits per heavy atom. The minimum absolute atomic E-state index is 0.165. The standard InChI is InChI=1S/C12H24N4/c1-5-16-7-6-14-11(16)8-15(4)10-12(2,3)9-13/h6-7H,5,8-10,13H2,1-4H3. The van der Waals surface area contributed by atoms with Gasteiger partial charge in [0, 0.05) is 25.5 Å². The maximum absolute atomic E-state index is 5.74. The number of rotatable bonds is 6. The lowest BCUT2D eigenvalue weighted by Gasteiger charge is -2.28. The van der Waals surface area contributed by atoms with Gasteiger partial charge in [-0.25, -0.2) is 4.98 Å². The van der Waals surface area contributed by atoms with Gasteiger partial charge in [0.1, 0.15) is 5.82 Å².